The van der Waals surface area contributed by atoms with Crippen molar-refractivity contribution in [3.63, 3.8) is 0 Å². The highest BCUT2D eigenvalue weighted by molar-refractivity contribution is 6.33. The summed E-state index contributed by atoms with van der Waals surface area (Å²) in [5, 5.41) is 2.52. The SMILES string of the molecule is CCOc1ccc(C(=O)O[C@H](C)C(=O)Nc2ccc(F)cc2Cl)cc1OC. The maximum atomic E-state index is 13.1. The molecule has 1 atom stereocenters. The number of nitrogens with one attached hydrogen (secondary N) is 1. The fraction of sp³-hybridized carbons (Fsp3) is 0.263. The molecule has 0 spiro atoms. The van der Waals surface area contributed by atoms with Gasteiger partial charge in [-0.25, -0.2) is 9.18 Å². The number of ether oxygens (including phenoxy) is 3. The lowest BCUT2D eigenvalue weighted by molar-refractivity contribution is -0.123. The van der Waals surface area contributed by atoms with Crippen LogP contribution in [0.3, 0.4) is 0 Å². The topological polar surface area (TPSA) is 73.9 Å². The van der Waals surface area contributed by atoms with Crippen LogP contribution >= 0.6 is 11.6 Å². The summed E-state index contributed by atoms with van der Waals surface area (Å²) >= 11 is 5.87. The van der Waals surface area contributed by atoms with E-state index in [4.69, 9.17) is 25.8 Å². The van der Waals surface area contributed by atoms with E-state index in [-0.39, 0.29) is 16.3 Å². The van der Waals surface area contributed by atoms with E-state index in [1.54, 1.807) is 6.07 Å². The summed E-state index contributed by atoms with van der Waals surface area (Å²) in [4.78, 5) is 24.5. The van der Waals surface area contributed by atoms with Gasteiger partial charge in [0.1, 0.15) is 5.82 Å². The normalized spacial score (nSPS) is 11.4. The fourth-order valence-electron chi connectivity index (χ4n) is 2.18. The van der Waals surface area contributed by atoms with E-state index in [9.17, 15) is 14.0 Å². The van der Waals surface area contributed by atoms with Gasteiger partial charge in [0.05, 0.1) is 30.0 Å². The van der Waals surface area contributed by atoms with Crippen molar-refractivity contribution in [2.45, 2.75) is 20.0 Å². The average molecular weight is 396 g/mol. The molecule has 0 saturated heterocycles. The van der Waals surface area contributed by atoms with Gasteiger partial charge in [-0.2, -0.15) is 0 Å². The van der Waals surface area contributed by atoms with Gasteiger partial charge in [0.15, 0.2) is 17.6 Å². The molecule has 0 aliphatic carbocycles. The van der Waals surface area contributed by atoms with Gasteiger partial charge < -0.3 is 19.5 Å². The third kappa shape index (κ3) is 5.34. The number of rotatable bonds is 7. The zero-order valence-electron chi connectivity index (χ0n) is 15.0. The minimum Gasteiger partial charge on any atom is -0.493 e. The molecule has 1 N–H and O–H groups in total. The van der Waals surface area contributed by atoms with E-state index in [0.29, 0.717) is 18.1 Å². The van der Waals surface area contributed by atoms with E-state index in [2.05, 4.69) is 5.32 Å². The number of anilines is 1. The van der Waals surface area contributed by atoms with Gasteiger partial charge in [0, 0.05) is 0 Å². The highest BCUT2D eigenvalue weighted by Gasteiger charge is 2.21. The molecule has 2 aromatic rings. The molecule has 27 heavy (non-hydrogen) atoms. The first kappa shape index (κ1) is 20.5. The van der Waals surface area contributed by atoms with Crippen LogP contribution in [0.5, 0.6) is 11.5 Å². The Bertz CT molecular complexity index is 843. The lowest BCUT2D eigenvalue weighted by atomic mass is 10.2. The number of halogens is 2. The third-order valence-corrected chi connectivity index (χ3v) is 3.85. The Hall–Kier alpha value is -2.80. The second-order valence-electron chi connectivity index (χ2n) is 5.46. The number of amides is 1. The molecule has 6 nitrogen and oxygen atoms in total. The van der Waals surface area contributed by atoms with Gasteiger partial charge in [-0.3, -0.25) is 4.79 Å². The standard InChI is InChI=1S/C19H19ClFNO5/c1-4-26-16-8-5-12(9-17(16)25-3)19(24)27-11(2)18(23)22-15-7-6-13(21)10-14(15)20/h5-11H,4H2,1-3H3,(H,22,23)/t11-/m1/s1. The molecule has 0 heterocycles. The molecule has 0 bridgehead atoms. The van der Waals surface area contributed by atoms with Gasteiger partial charge >= 0.3 is 5.97 Å². The summed E-state index contributed by atoms with van der Waals surface area (Å²) in [6, 6.07) is 8.11. The molecule has 0 saturated carbocycles. The number of carbonyl (C=O) groups excluding carboxylic acids is 2. The van der Waals surface area contributed by atoms with Crippen molar-refractivity contribution < 1.29 is 28.2 Å². The molecular formula is C19H19ClFNO5. The van der Waals surface area contributed by atoms with Gasteiger partial charge in [-0.15, -0.1) is 0 Å². The highest BCUT2D eigenvalue weighted by Crippen LogP contribution is 2.28. The van der Waals surface area contributed by atoms with Crippen LogP contribution in [0.2, 0.25) is 5.02 Å². The van der Waals surface area contributed by atoms with Gasteiger partial charge in [-0.05, 0) is 50.2 Å². The molecule has 2 rings (SSSR count). The van der Waals surface area contributed by atoms with Crippen LogP contribution in [0.15, 0.2) is 36.4 Å². The van der Waals surface area contributed by atoms with Crippen LogP contribution in [0.4, 0.5) is 10.1 Å². The Morgan fingerprint density at radius 1 is 1.19 bits per heavy atom. The number of carbonyl (C=O) groups is 2. The Labute approximate surface area is 161 Å². The third-order valence-electron chi connectivity index (χ3n) is 3.54. The molecule has 8 heteroatoms. The Balaban J connectivity index is 2.04. The summed E-state index contributed by atoms with van der Waals surface area (Å²) in [5.74, 6) is -0.962. The molecule has 0 aliphatic rings. The lowest BCUT2D eigenvalue weighted by Crippen LogP contribution is -2.30. The molecule has 0 aromatic heterocycles. The Kier molecular flexibility index (Phi) is 7.01. The maximum absolute atomic E-state index is 13.1. The number of hydrogen-bond acceptors (Lipinski definition) is 5. The van der Waals surface area contributed by atoms with Crippen molar-refractivity contribution >= 4 is 29.2 Å². The smallest absolute Gasteiger partial charge is 0.339 e. The maximum Gasteiger partial charge on any atom is 0.339 e. The first-order valence-electron chi connectivity index (χ1n) is 8.13. The molecule has 2 aromatic carbocycles. The largest absolute Gasteiger partial charge is 0.493 e. The van der Waals surface area contributed by atoms with E-state index in [1.165, 1.54) is 32.2 Å². The van der Waals surface area contributed by atoms with Crippen LogP contribution in [0.25, 0.3) is 0 Å². The molecule has 0 radical (unpaired) electrons. The second-order valence-corrected chi connectivity index (χ2v) is 5.87. The first-order chi connectivity index (χ1) is 12.8. The van der Waals surface area contributed by atoms with Gasteiger partial charge in [-0.1, -0.05) is 11.6 Å². The summed E-state index contributed by atoms with van der Waals surface area (Å²) in [7, 11) is 1.45. The molecule has 144 valence electrons. The number of methoxy groups -OCH3 is 1. The summed E-state index contributed by atoms with van der Waals surface area (Å²) in [6.07, 6.45) is -1.10. The van der Waals surface area contributed by atoms with Crippen LogP contribution in [0.1, 0.15) is 24.2 Å². The van der Waals surface area contributed by atoms with Gasteiger partial charge in [0.25, 0.3) is 5.91 Å². The van der Waals surface area contributed by atoms with Crippen molar-refractivity contribution in [2.24, 2.45) is 0 Å². The van der Waals surface area contributed by atoms with E-state index >= 15 is 0 Å². The zero-order chi connectivity index (χ0) is 20.0. The Morgan fingerprint density at radius 3 is 2.56 bits per heavy atom. The predicted molar refractivity (Wildman–Crippen MR) is 99.1 cm³/mol. The average Bonchev–Trinajstić information content (AvgIpc) is 2.64. The molecule has 0 unspecified atom stereocenters. The molecule has 0 fully saturated rings. The van der Waals surface area contributed by atoms with Crippen molar-refractivity contribution in [2.75, 3.05) is 19.0 Å². The highest BCUT2D eigenvalue weighted by atomic mass is 35.5. The quantitative estimate of drug-likeness (QED) is 0.715. The number of esters is 1. The van der Waals surface area contributed by atoms with Crippen molar-refractivity contribution in [3.05, 3.63) is 52.8 Å². The van der Waals surface area contributed by atoms with Crippen LogP contribution < -0.4 is 14.8 Å². The summed E-state index contributed by atoms with van der Waals surface area (Å²) in [6.45, 7) is 3.69. The van der Waals surface area contributed by atoms with E-state index < -0.39 is 23.8 Å². The molecular weight excluding hydrogens is 377 g/mol. The number of benzene rings is 2. The second kappa shape index (κ2) is 9.23. The summed E-state index contributed by atoms with van der Waals surface area (Å²) in [5.41, 5.74) is 0.420. The van der Waals surface area contributed by atoms with Gasteiger partial charge in [0.2, 0.25) is 0 Å². The van der Waals surface area contributed by atoms with Crippen LogP contribution in [0, 0.1) is 5.82 Å². The van der Waals surface area contributed by atoms with Crippen molar-refractivity contribution in [1.29, 1.82) is 0 Å². The van der Waals surface area contributed by atoms with Crippen LogP contribution in [-0.2, 0) is 9.53 Å². The Morgan fingerprint density at radius 2 is 1.93 bits per heavy atom. The minimum absolute atomic E-state index is 0.0399. The van der Waals surface area contributed by atoms with Crippen molar-refractivity contribution in [3.8, 4) is 11.5 Å². The molecule has 1 amide bonds. The zero-order valence-corrected chi connectivity index (χ0v) is 15.8. The van der Waals surface area contributed by atoms with E-state index in [0.717, 1.165) is 12.1 Å². The monoisotopic (exact) mass is 395 g/mol. The molecule has 0 aliphatic heterocycles. The first-order valence-corrected chi connectivity index (χ1v) is 8.51. The van der Waals surface area contributed by atoms with Crippen LogP contribution in [-0.4, -0.2) is 31.7 Å². The predicted octanol–water partition coefficient (Wildman–Crippen LogP) is 4.07. The van der Waals surface area contributed by atoms with E-state index in [1.807, 2.05) is 6.92 Å². The lowest BCUT2D eigenvalue weighted by Gasteiger charge is -2.15. The number of hydrogen-bond donors (Lipinski definition) is 1. The fourth-order valence-corrected chi connectivity index (χ4v) is 2.39. The van der Waals surface area contributed by atoms with Crippen molar-refractivity contribution in [1.82, 2.24) is 0 Å². The summed E-state index contributed by atoms with van der Waals surface area (Å²) < 4.78 is 28.8. The minimum atomic E-state index is -1.10.